The minimum absolute atomic E-state index is 0.0972. The summed E-state index contributed by atoms with van der Waals surface area (Å²) >= 11 is 0. The van der Waals surface area contributed by atoms with Gasteiger partial charge in [0, 0.05) is 7.05 Å². The summed E-state index contributed by atoms with van der Waals surface area (Å²) in [5.74, 6) is 0.282. The Bertz CT molecular complexity index is 535. The number of aliphatic imine (C=N–C) groups is 1. The Morgan fingerprint density at radius 3 is 2.80 bits per heavy atom. The summed E-state index contributed by atoms with van der Waals surface area (Å²) in [7, 11) is 1.79. The zero-order valence-electron chi connectivity index (χ0n) is 8.05. The van der Waals surface area contributed by atoms with Crippen molar-refractivity contribution in [3.8, 4) is 0 Å². The van der Waals surface area contributed by atoms with E-state index in [2.05, 4.69) is 19.9 Å². The number of imidazole rings is 1. The van der Waals surface area contributed by atoms with E-state index >= 15 is 0 Å². The molecule has 78 valence electrons. The highest BCUT2D eigenvalue weighted by molar-refractivity contribution is 5.87. The SMILES string of the molecule is Cn1cnc2c(N=C(N)N)nc(N)nc21. The van der Waals surface area contributed by atoms with E-state index in [1.165, 1.54) is 0 Å². The maximum Gasteiger partial charge on any atom is 0.224 e. The van der Waals surface area contributed by atoms with E-state index in [1.807, 2.05) is 0 Å². The van der Waals surface area contributed by atoms with Crippen molar-refractivity contribution in [1.82, 2.24) is 19.5 Å². The van der Waals surface area contributed by atoms with Crippen LogP contribution >= 0.6 is 0 Å². The van der Waals surface area contributed by atoms with E-state index in [9.17, 15) is 0 Å². The van der Waals surface area contributed by atoms with E-state index < -0.39 is 0 Å². The van der Waals surface area contributed by atoms with Gasteiger partial charge in [-0.05, 0) is 0 Å². The number of hydrogen-bond acceptors (Lipinski definition) is 5. The maximum absolute atomic E-state index is 5.51. The van der Waals surface area contributed by atoms with Crippen LogP contribution < -0.4 is 17.2 Å². The lowest BCUT2D eigenvalue weighted by molar-refractivity contribution is 0.929. The molecular formula is C7H10N8. The second-order valence-corrected chi connectivity index (χ2v) is 2.97. The van der Waals surface area contributed by atoms with Crippen LogP contribution in [-0.4, -0.2) is 25.5 Å². The molecule has 2 rings (SSSR count). The third-order valence-corrected chi connectivity index (χ3v) is 1.79. The fraction of sp³-hybridized carbons (Fsp3) is 0.143. The van der Waals surface area contributed by atoms with Crippen molar-refractivity contribution >= 4 is 28.9 Å². The van der Waals surface area contributed by atoms with Crippen LogP contribution in [0.5, 0.6) is 0 Å². The molecule has 0 saturated carbocycles. The minimum atomic E-state index is -0.0972. The van der Waals surface area contributed by atoms with Gasteiger partial charge in [-0.2, -0.15) is 15.0 Å². The van der Waals surface area contributed by atoms with E-state index in [0.717, 1.165) is 0 Å². The molecule has 2 heterocycles. The van der Waals surface area contributed by atoms with Crippen LogP contribution in [0.4, 0.5) is 11.8 Å². The Kier molecular flexibility index (Phi) is 1.89. The highest BCUT2D eigenvalue weighted by Crippen LogP contribution is 2.21. The normalized spacial score (nSPS) is 10.5. The highest BCUT2D eigenvalue weighted by atomic mass is 15.2. The van der Waals surface area contributed by atoms with Crippen LogP contribution in [-0.2, 0) is 7.05 Å². The molecule has 0 spiro atoms. The van der Waals surface area contributed by atoms with Crippen molar-refractivity contribution in [1.29, 1.82) is 0 Å². The molecule has 8 heteroatoms. The molecule has 0 unspecified atom stereocenters. The van der Waals surface area contributed by atoms with Gasteiger partial charge in [0.15, 0.2) is 22.9 Å². The first-order valence-electron chi connectivity index (χ1n) is 4.12. The average Bonchev–Trinajstić information content (AvgIpc) is 2.47. The Labute approximate surface area is 84.8 Å². The van der Waals surface area contributed by atoms with Gasteiger partial charge in [0.05, 0.1) is 6.33 Å². The topological polar surface area (TPSA) is 134 Å². The molecule has 0 aliphatic carbocycles. The number of aryl methyl sites for hydroxylation is 1. The third kappa shape index (κ3) is 1.52. The molecule has 0 atom stereocenters. The number of nitrogen functional groups attached to an aromatic ring is 1. The second-order valence-electron chi connectivity index (χ2n) is 2.97. The van der Waals surface area contributed by atoms with Gasteiger partial charge in [-0.1, -0.05) is 0 Å². The van der Waals surface area contributed by atoms with Crippen LogP contribution in [0, 0.1) is 0 Å². The van der Waals surface area contributed by atoms with E-state index in [-0.39, 0.29) is 17.7 Å². The average molecular weight is 206 g/mol. The Morgan fingerprint density at radius 2 is 2.13 bits per heavy atom. The Hall–Kier alpha value is -2.38. The monoisotopic (exact) mass is 206 g/mol. The molecule has 8 nitrogen and oxygen atoms in total. The van der Waals surface area contributed by atoms with Gasteiger partial charge in [0.25, 0.3) is 0 Å². The second kappa shape index (κ2) is 3.08. The largest absolute Gasteiger partial charge is 0.370 e. The minimum Gasteiger partial charge on any atom is -0.370 e. The number of fused-ring (bicyclic) bond motifs is 1. The molecule has 0 aliphatic rings. The van der Waals surface area contributed by atoms with Crippen LogP contribution in [0.25, 0.3) is 11.2 Å². The van der Waals surface area contributed by atoms with Gasteiger partial charge >= 0.3 is 0 Å². The molecule has 0 aromatic carbocycles. The van der Waals surface area contributed by atoms with Crippen LogP contribution in [0.3, 0.4) is 0 Å². The number of guanidine groups is 1. The molecule has 0 aliphatic heterocycles. The Balaban J connectivity index is 2.78. The van der Waals surface area contributed by atoms with Gasteiger partial charge in [-0.3, -0.25) is 0 Å². The first kappa shape index (κ1) is 9.19. The summed E-state index contributed by atoms with van der Waals surface area (Å²) in [6.07, 6.45) is 1.59. The van der Waals surface area contributed by atoms with Gasteiger partial charge < -0.3 is 21.8 Å². The lowest BCUT2D eigenvalue weighted by Crippen LogP contribution is -2.22. The molecule has 2 aromatic heterocycles. The first-order valence-corrected chi connectivity index (χ1v) is 4.12. The van der Waals surface area contributed by atoms with Crippen molar-refractivity contribution in [2.75, 3.05) is 5.73 Å². The summed E-state index contributed by atoms with van der Waals surface area (Å²) < 4.78 is 1.71. The van der Waals surface area contributed by atoms with Crippen LogP contribution in [0.15, 0.2) is 11.3 Å². The summed E-state index contributed by atoms with van der Waals surface area (Å²) in [5, 5.41) is 0. The summed E-state index contributed by atoms with van der Waals surface area (Å²) in [6, 6.07) is 0. The molecule has 0 radical (unpaired) electrons. The molecule has 0 bridgehead atoms. The van der Waals surface area contributed by atoms with Gasteiger partial charge in [-0.15, -0.1) is 0 Å². The molecule has 0 amide bonds. The quantitative estimate of drug-likeness (QED) is 0.398. The number of rotatable bonds is 1. The molecule has 2 aromatic rings. The summed E-state index contributed by atoms with van der Waals surface area (Å²) in [4.78, 5) is 15.8. The number of hydrogen-bond donors (Lipinski definition) is 3. The fourth-order valence-electron chi connectivity index (χ4n) is 1.21. The standard InChI is InChI=1S/C7H10N8/c1-15-2-11-3-4(12-6(8)9)13-7(10)14-5(3)15/h2H,1H3,(H6,8,9,10,12,13,14). The Morgan fingerprint density at radius 1 is 1.40 bits per heavy atom. The van der Waals surface area contributed by atoms with Crippen molar-refractivity contribution in [2.24, 2.45) is 23.5 Å². The van der Waals surface area contributed by atoms with Gasteiger partial charge in [-0.25, -0.2) is 4.98 Å². The van der Waals surface area contributed by atoms with Crippen molar-refractivity contribution in [3.63, 3.8) is 0 Å². The molecular weight excluding hydrogens is 196 g/mol. The van der Waals surface area contributed by atoms with E-state index in [0.29, 0.717) is 11.2 Å². The smallest absolute Gasteiger partial charge is 0.224 e. The third-order valence-electron chi connectivity index (χ3n) is 1.79. The van der Waals surface area contributed by atoms with Crippen molar-refractivity contribution in [2.45, 2.75) is 0 Å². The zero-order valence-corrected chi connectivity index (χ0v) is 8.05. The molecule has 6 N–H and O–H groups in total. The number of aromatic nitrogens is 4. The number of anilines is 1. The fourth-order valence-corrected chi connectivity index (χ4v) is 1.21. The number of nitrogens with two attached hydrogens (primary N) is 3. The van der Waals surface area contributed by atoms with Gasteiger partial charge in [0.2, 0.25) is 5.95 Å². The van der Waals surface area contributed by atoms with Crippen molar-refractivity contribution < 1.29 is 0 Å². The molecule has 0 saturated heterocycles. The maximum atomic E-state index is 5.51. The zero-order chi connectivity index (χ0) is 11.0. The van der Waals surface area contributed by atoms with E-state index in [1.54, 1.807) is 17.9 Å². The molecule has 15 heavy (non-hydrogen) atoms. The lowest BCUT2D eigenvalue weighted by Gasteiger charge is -1.98. The summed E-state index contributed by atoms with van der Waals surface area (Å²) in [6.45, 7) is 0. The molecule has 0 fully saturated rings. The highest BCUT2D eigenvalue weighted by Gasteiger charge is 2.09. The lowest BCUT2D eigenvalue weighted by atomic mass is 10.5. The first-order chi connectivity index (χ1) is 7.08. The van der Waals surface area contributed by atoms with Crippen LogP contribution in [0.1, 0.15) is 0 Å². The van der Waals surface area contributed by atoms with E-state index in [4.69, 9.17) is 17.2 Å². The van der Waals surface area contributed by atoms with Gasteiger partial charge in [0.1, 0.15) is 0 Å². The summed E-state index contributed by atoms with van der Waals surface area (Å²) in [5.41, 5.74) is 17.1. The van der Waals surface area contributed by atoms with Crippen molar-refractivity contribution in [3.05, 3.63) is 6.33 Å². The number of nitrogens with zero attached hydrogens (tertiary/aromatic N) is 5. The van der Waals surface area contributed by atoms with Crippen LogP contribution in [0.2, 0.25) is 0 Å². The predicted molar refractivity (Wildman–Crippen MR) is 56.2 cm³/mol. The predicted octanol–water partition coefficient (Wildman–Crippen LogP) is -1.15.